The van der Waals surface area contributed by atoms with Gasteiger partial charge in [0.1, 0.15) is 16.4 Å². The van der Waals surface area contributed by atoms with Crippen molar-refractivity contribution in [2.24, 2.45) is 0 Å². The zero-order valence-corrected chi connectivity index (χ0v) is 13.5. The van der Waals surface area contributed by atoms with E-state index in [0.717, 1.165) is 5.56 Å². The highest BCUT2D eigenvalue weighted by molar-refractivity contribution is 7.91. The number of benzene rings is 2. The van der Waals surface area contributed by atoms with Crippen LogP contribution in [0, 0.1) is 6.92 Å². The molecule has 0 amide bonds. The number of hydrogen-bond donors (Lipinski definition) is 0. The molecule has 0 atom stereocenters. The van der Waals surface area contributed by atoms with Crippen molar-refractivity contribution < 1.29 is 17.9 Å². The molecule has 6 heteroatoms. The average Bonchev–Trinajstić information content (AvgIpc) is 2.47. The van der Waals surface area contributed by atoms with Crippen LogP contribution in [0.3, 0.4) is 0 Å². The fourth-order valence-electron chi connectivity index (χ4n) is 1.97. The van der Waals surface area contributed by atoms with E-state index < -0.39 is 9.84 Å². The van der Waals surface area contributed by atoms with E-state index in [4.69, 9.17) is 21.1 Å². The van der Waals surface area contributed by atoms with Gasteiger partial charge in [0.2, 0.25) is 9.84 Å². The lowest BCUT2D eigenvalue weighted by atomic mass is 10.2. The first-order valence-electron chi connectivity index (χ1n) is 6.13. The highest BCUT2D eigenvalue weighted by Gasteiger charge is 2.24. The Morgan fingerprint density at radius 2 is 1.52 bits per heavy atom. The Bertz CT molecular complexity index is 752. The van der Waals surface area contributed by atoms with Crippen LogP contribution in [0.2, 0.25) is 5.02 Å². The summed E-state index contributed by atoms with van der Waals surface area (Å²) in [6, 6.07) is 9.10. The Kier molecular flexibility index (Phi) is 4.44. The number of sulfone groups is 1. The Balaban J connectivity index is 2.66. The van der Waals surface area contributed by atoms with Crippen molar-refractivity contribution >= 4 is 21.4 Å². The third-order valence-corrected chi connectivity index (χ3v) is 5.14. The van der Waals surface area contributed by atoms with Crippen LogP contribution in [0.4, 0.5) is 0 Å². The Morgan fingerprint density at radius 1 is 0.952 bits per heavy atom. The topological polar surface area (TPSA) is 52.6 Å². The van der Waals surface area contributed by atoms with Gasteiger partial charge in [-0.05, 0) is 42.8 Å². The van der Waals surface area contributed by atoms with Crippen LogP contribution in [-0.2, 0) is 9.84 Å². The average molecular weight is 327 g/mol. The second kappa shape index (κ2) is 5.95. The number of methoxy groups -OCH3 is 2. The molecule has 112 valence electrons. The Morgan fingerprint density at radius 3 is 2.05 bits per heavy atom. The molecule has 0 aliphatic rings. The highest BCUT2D eigenvalue weighted by Crippen LogP contribution is 2.35. The van der Waals surface area contributed by atoms with E-state index in [1.54, 1.807) is 6.07 Å². The van der Waals surface area contributed by atoms with Crippen molar-refractivity contribution in [1.29, 1.82) is 0 Å². The molecule has 0 saturated carbocycles. The zero-order valence-electron chi connectivity index (χ0n) is 11.9. The normalized spacial score (nSPS) is 11.2. The Labute approximate surface area is 129 Å². The first-order chi connectivity index (χ1) is 9.90. The van der Waals surface area contributed by atoms with Crippen LogP contribution in [0.15, 0.2) is 46.2 Å². The SMILES string of the molecule is COc1cc(S(=O)(=O)c2ccc(Cl)cc2)c(OC)cc1C. The van der Waals surface area contributed by atoms with Gasteiger partial charge < -0.3 is 9.47 Å². The van der Waals surface area contributed by atoms with Crippen molar-refractivity contribution in [2.75, 3.05) is 14.2 Å². The molecule has 0 N–H and O–H groups in total. The second-order valence-corrected chi connectivity index (χ2v) is 6.78. The lowest BCUT2D eigenvalue weighted by Crippen LogP contribution is -2.05. The van der Waals surface area contributed by atoms with Crippen LogP contribution < -0.4 is 9.47 Å². The van der Waals surface area contributed by atoms with Crippen LogP contribution >= 0.6 is 11.6 Å². The fourth-order valence-corrected chi connectivity index (χ4v) is 3.52. The van der Waals surface area contributed by atoms with Crippen molar-refractivity contribution in [3.63, 3.8) is 0 Å². The first-order valence-corrected chi connectivity index (χ1v) is 7.99. The summed E-state index contributed by atoms with van der Waals surface area (Å²) in [7, 11) is -0.785. The largest absolute Gasteiger partial charge is 0.496 e. The molecule has 0 aliphatic heterocycles. The predicted octanol–water partition coefficient (Wildman–Crippen LogP) is 3.50. The zero-order chi connectivity index (χ0) is 15.6. The monoisotopic (exact) mass is 326 g/mol. The van der Waals surface area contributed by atoms with Gasteiger partial charge in [-0.2, -0.15) is 0 Å². The summed E-state index contributed by atoms with van der Waals surface area (Å²) in [6.07, 6.45) is 0. The van der Waals surface area contributed by atoms with Crippen LogP contribution in [0.25, 0.3) is 0 Å². The van der Waals surface area contributed by atoms with E-state index in [2.05, 4.69) is 0 Å². The molecular weight excluding hydrogens is 312 g/mol. The van der Waals surface area contributed by atoms with Crippen molar-refractivity contribution in [2.45, 2.75) is 16.7 Å². The smallest absolute Gasteiger partial charge is 0.210 e. The van der Waals surface area contributed by atoms with E-state index in [0.29, 0.717) is 10.8 Å². The van der Waals surface area contributed by atoms with Crippen LogP contribution in [0.1, 0.15) is 5.56 Å². The van der Waals surface area contributed by atoms with E-state index in [1.807, 2.05) is 6.92 Å². The summed E-state index contributed by atoms with van der Waals surface area (Å²) in [4.78, 5) is 0.214. The molecule has 0 unspecified atom stereocenters. The predicted molar refractivity (Wildman–Crippen MR) is 81.2 cm³/mol. The number of halogens is 1. The van der Waals surface area contributed by atoms with Crippen molar-refractivity contribution in [1.82, 2.24) is 0 Å². The molecule has 2 aromatic carbocycles. The summed E-state index contributed by atoms with van der Waals surface area (Å²) in [5, 5.41) is 0.474. The maximum atomic E-state index is 12.7. The van der Waals surface area contributed by atoms with Crippen LogP contribution in [-0.4, -0.2) is 22.6 Å². The van der Waals surface area contributed by atoms with Gasteiger partial charge in [-0.3, -0.25) is 0 Å². The van der Waals surface area contributed by atoms with Gasteiger partial charge in [-0.25, -0.2) is 8.42 Å². The van der Waals surface area contributed by atoms with E-state index in [9.17, 15) is 8.42 Å². The van der Waals surface area contributed by atoms with Crippen LogP contribution in [0.5, 0.6) is 11.5 Å². The lowest BCUT2D eigenvalue weighted by Gasteiger charge is -2.13. The van der Waals surface area contributed by atoms with Crippen molar-refractivity contribution in [3.05, 3.63) is 47.0 Å². The van der Waals surface area contributed by atoms with Gasteiger partial charge >= 0.3 is 0 Å². The summed E-state index contributed by atoms with van der Waals surface area (Å²) in [6.45, 7) is 1.82. The molecule has 0 heterocycles. The molecule has 0 radical (unpaired) electrons. The maximum absolute atomic E-state index is 12.7. The van der Waals surface area contributed by atoms with Gasteiger partial charge in [0.25, 0.3) is 0 Å². The molecule has 21 heavy (non-hydrogen) atoms. The summed E-state index contributed by atoms with van der Waals surface area (Å²) >= 11 is 5.80. The van der Waals surface area contributed by atoms with Crippen molar-refractivity contribution in [3.8, 4) is 11.5 Å². The second-order valence-electron chi connectivity index (χ2n) is 4.43. The molecule has 0 fully saturated rings. The standard InChI is InChI=1S/C15H15ClO4S/c1-10-8-14(20-3)15(9-13(10)19-2)21(17,18)12-6-4-11(16)5-7-12/h4-9H,1-3H3. The fraction of sp³-hybridized carbons (Fsp3) is 0.200. The maximum Gasteiger partial charge on any atom is 0.210 e. The van der Waals surface area contributed by atoms with E-state index >= 15 is 0 Å². The highest BCUT2D eigenvalue weighted by atomic mass is 35.5. The molecule has 2 aromatic rings. The van der Waals surface area contributed by atoms with Gasteiger partial charge in [0, 0.05) is 11.1 Å². The minimum atomic E-state index is -3.71. The third-order valence-electron chi connectivity index (χ3n) is 3.09. The molecule has 0 spiro atoms. The number of aryl methyl sites for hydroxylation is 1. The summed E-state index contributed by atoms with van der Waals surface area (Å²) < 4.78 is 35.8. The molecule has 4 nitrogen and oxygen atoms in total. The minimum Gasteiger partial charge on any atom is -0.496 e. The van der Waals surface area contributed by atoms with Gasteiger partial charge in [0.05, 0.1) is 19.1 Å². The molecule has 0 bridgehead atoms. The third kappa shape index (κ3) is 2.99. The number of hydrogen-bond acceptors (Lipinski definition) is 4. The first kappa shape index (κ1) is 15.7. The quantitative estimate of drug-likeness (QED) is 0.863. The lowest BCUT2D eigenvalue weighted by molar-refractivity contribution is 0.390. The van der Waals surface area contributed by atoms with Gasteiger partial charge in [-0.15, -0.1) is 0 Å². The summed E-state index contributed by atoms with van der Waals surface area (Å²) in [5.74, 6) is 0.770. The number of rotatable bonds is 4. The van der Waals surface area contributed by atoms with Gasteiger partial charge in [-0.1, -0.05) is 11.6 Å². The molecule has 2 rings (SSSR count). The number of ether oxygens (including phenoxy) is 2. The minimum absolute atomic E-state index is 0.0646. The van der Waals surface area contributed by atoms with Gasteiger partial charge in [0.15, 0.2) is 0 Å². The molecule has 0 saturated heterocycles. The van der Waals surface area contributed by atoms with E-state index in [-0.39, 0.29) is 15.5 Å². The molecule has 0 aromatic heterocycles. The Hall–Kier alpha value is -1.72. The summed E-state index contributed by atoms with van der Waals surface area (Å²) in [5.41, 5.74) is 0.796. The van der Waals surface area contributed by atoms with E-state index in [1.165, 1.54) is 44.6 Å². The molecular formula is C15H15ClO4S. The molecule has 0 aliphatic carbocycles.